The van der Waals surface area contributed by atoms with Crippen LogP contribution in [0, 0.1) is 0 Å². The smallest absolute Gasteiger partial charge is 0.0931 e. The van der Waals surface area contributed by atoms with Gasteiger partial charge in [-0.1, -0.05) is 49.5 Å². The summed E-state index contributed by atoms with van der Waals surface area (Å²) in [6, 6.07) is 10.4. The number of alkyl halides is 1. The number of rotatable bonds is 4. The number of anilines is 1. The normalized spacial score (nSPS) is 10.7. The molecule has 5 heteroatoms. The fourth-order valence-corrected chi connectivity index (χ4v) is 3.73. The van der Waals surface area contributed by atoms with E-state index in [1.54, 1.807) is 11.3 Å². The average molecular weight is 410 g/mol. The number of halogens is 3. The SMILES string of the molecule is CN(Cc1ccc(Cl)s1)c1cc(Br)ccc1CBr. The summed E-state index contributed by atoms with van der Waals surface area (Å²) < 4.78 is 1.94. The van der Waals surface area contributed by atoms with Crippen molar-refractivity contribution in [1.29, 1.82) is 0 Å². The molecule has 0 N–H and O–H groups in total. The van der Waals surface area contributed by atoms with Crippen molar-refractivity contribution in [2.24, 2.45) is 0 Å². The molecule has 0 saturated heterocycles. The first-order valence-corrected chi connectivity index (χ1v) is 8.51. The average Bonchev–Trinajstić information content (AvgIpc) is 2.74. The highest BCUT2D eigenvalue weighted by Gasteiger charge is 2.09. The van der Waals surface area contributed by atoms with Crippen LogP contribution in [-0.4, -0.2) is 7.05 Å². The molecule has 96 valence electrons. The molecule has 18 heavy (non-hydrogen) atoms. The lowest BCUT2D eigenvalue weighted by Crippen LogP contribution is -2.17. The number of thiophene rings is 1. The van der Waals surface area contributed by atoms with Crippen molar-refractivity contribution in [3.05, 3.63) is 49.6 Å². The lowest BCUT2D eigenvalue weighted by Gasteiger charge is -2.21. The number of benzene rings is 1. The summed E-state index contributed by atoms with van der Waals surface area (Å²) in [5, 5.41) is 0.852. The van der Waals surface area contributed by atoms with Crippen molar-refractivity contribution in [3.8, 4) is 0 Å². The van der Waals surface area contributed by atoms with E-state index >= 15 is 0 Å². The van der Waals surface area contributed by atoms with Gasteiger partial charge < -0.3 is 4.90 Å². The molecule has 0 fully saturated rings. The van der Waals surface area contributed by atoms with Crippen molar-refractivity contribution in [1.82, 2.24) is 0 Å². The lowest BCUT2D eigenvalue weighted by atomic mass is 10.2. The molecular formula is C13H12Br2ClNS. The van der Waals surface area contributed by atoms with Gasteiger partial charge in [0.25, 0.3) is 0 Å². The Labute approximate surface area is 133 Å². The molecule has 0 spiro atoms. The van der Waals surface area contributed by atoms with Gasteiger partial charge in [-0.3, -0.25) is 0 Å². The zero-order valence-corrected chi connectivity index (χ0v) is 14.5. The predicted molar refractivity (Wildman–Crippen MR) is 88.2 cm³/mol. The number of nitrogens with zero attached hydrogens (tertiary/aromatic N) is 1. The van der Waals surface area contributed by atoms with E-state index < -0.39 is 0 Å². The van der Waals surface area contributed by atoms with Crippen LogP contribution in [0.3, 0.4) is 0 Å². The molecule has 2 aromatic rings. The monoisotopic (exact) mass is 407 g/mol. The maximum Gasteiger partial charge on any atom is 0.0931 e. The van der Waals surface area contributed by atoms with E-state index in [1.165, 1.54) is 16.1 Å². The molecule has 0 unspecified atom stereocenters. The van der Waals surface area contributed by atoms with E-state index in [9.17, 15) is 0 Å². The van der Waals surface area contributed by atoms with E-state index in [1.807, 2.05) is 6.07 Å². The standard InChI is InChI=1S/C13H12Br2ClNS/c1-17(8-11-4-5-13(16)18-11)12-6-10(15)3-2-9(12)7-14/h2-6H,7-8H2,1H3. The third-order valence-electron chi connectivity index (χ3n) is 2.62. The van der Waals surface area contributed by atoms with Gasteiger partial charge in [0.1, 0.15) is 0 Å². The Bertz CT molecular complexity index is 542. The minimum Gasteiger partial charge on any atom is -0.369 e. The Balaban J connectivity index is 2.22. The Hall–Kier alpha value is -0.0300. The Morgan fingerprint density at radius 3 is 2.67 bits per heavy atom. The molecular weight excluding hydrogens is 397 g/mol. The van der Waals surface area contributed by atoms with Crippen LogP contribution >= 0.6 is 54.8 Å². The van der Waals surface area contributed by atoms with E-state index in [2.05, 4.69) is 68.1 Å². The molecule has 2 rings (SSSR count). The molecule has 0 aliphatic carbocycles. The summed E-state index contributed by atoms with van der Waals surface area (Å²) in [7, 11) is 2.10. The molecule has 0 saturated carbocycles. The van der Waals surface area contributed by atoms with Gasteiger partial charge >= 0.3 is 0 Å². The first-order valence-electron chi connectivity index (χ1n) is 5.40. The predicted octanol–water partition coefficient (Wildman–Crippen LogP) is 5.70. The van der Waals surface area contributed by atoms with Crippen LogP contribution in [0.15, 0.2) is 34.8 Å². The van der Waals surface area contributed by atoms with Crippen LogP contribution in [0.1, 0.15) is 10.4 Å². The van der Waals surface area contributed by atoms with Gasteiger partial charge in [0.2, 0.25) is 0 Å². The molecule has 0 atom stereocenters. The molecule has 0 aliphatic rings. The van der Waals surface area contributed by atoms with Gasteiger partial charge in [-0.05, 0) is 29.8 Å². The molecule has 0 amide bonds. The Morgan fingerprint density at radius 1 is 1.28 bits per heavy atom. The second-order valence-corrected chi connectivity index (χ2v) is 7.24. The molecule has 1 nitrogen and oxygen atoms in total. The zero-order chi connectivity index (χ0) is 13.1. The van der Waals surface area contributed by atoms with Crippen LogP contribution in [0.5, 0.6) is 0 Å². The topological polar surface area (TPSA) is 3.24 Å². The van der Waals surface area contributed by atoms with Gasteiger partial charge in [0.15, 0.2) is 0 Å². The number of hydrogen-bond acceptors (Lipinski definition) is 2. The van der Waals surface area contributed by atoms with Gasteiger partial charge in [-0.15, -0.1) is 11.3 Å². The second-order valence-electron chi connectivity index (χ2n) is 3.97. The van der Waals surface area contributed by atoms with Crippen molar-refractivity contribution in [2.75, 3.05) is 11.9 Å². The lowest BCUT2D eigenvalue weighted by molar-refractivity contribution is 0.932. The van der Waals surface area contributed by atoms with Crippen molar-refractivity contribution in [3.63, 3.8) is 0 Å². The molecule has 1 aromatic heterocycles. The van der Waals surface area contributed by atoms with Crippen LogP contribution in [0.25, 0.3) is 0 Å². The molecule has 1 aromatic carbocycles. The van der Waals surface area contributed by atoms with Crippen molar-refractivity contribution < 1.29 is 0 Å². The Kier molecular flexibility index (Phi) is 5.13. The van der Waals surface area contributed by atoms with Gasteiger partial charge in [-0.2, -0.15) is 0 Å². The summed E-state index contributed by atoms with van der Waals surface area (Å²) in [5.41, 5.74) is 2.51. The maximum absolute atomic E-state index is 5.96. The van der Waals surface area contributed by atoms with E-state index in [4.69, 9.17) is 11.6 Å². The molecule has 0 bridgehead atoms. The summed E-state index contributed by atoms with van der Waals surface area (Å²) in [6.45, 7) is 0.869. The second kappa shape index (κ2) is 6.42. The van der Waals surface area contributed by atoms with E-state index in [0.29, 0.717) is 0 Å². The van der Waals surface area contributed by atoms with Crippen LogP contribution in [0.4, 0.5) is 5.69 Å². The minimum absolute atomic E-state index is 0.841. The third-order valence-corrected chi connectivity index (χ3v) is 4.94. The quantitative estimate of drug-likeness (QED) is 0.586. The highest BCUT2D eigenvalue weighted by molar-refractivity contribution is 9.10. The number of hydrogen-bond donors (Lipinski definition) is 0. The fourth-order valence-electron chi connectivity index (χ4n) is 1.76. The highest BCUT2D eigenvalue weighted by atomic mass is 79.9. The Morgan fingerprint density at radius 2 is 2.06 bits per heavy atom. The first-order chi connectivity index (χ1) is 8.60. The summed E-state index contributed by atoms with van der Waals surface area (Å²) in [4.78, 5) is 3.51. The summed E-state index contributed by atoms with van der Waals surface area (Å²) in [6.07, 6.45) is 0. The molecule has 1 heterocycles. The highest BCUT2D eigenvalue weighted by Crippen LogP contribution is 2.29. The largest absolute Gasteiger partial charge is 0.369 e. The summed E-state index contributed by atoms with van der Waals surface area (Å²) >= 11 is 14.6. The van der Waals surface area contributed by atoms with Gasteiger partial charge in [-0.25, -0.2) is 0 Å². The minimum atomic E-state index is 0.841. The van der Waals surface area contributed by atoms with Crippen molar-refractivity contribution in [2.45, 2.75) is 11.9 Å². The van der Waals surface area contributed by atoms with Crippen LogP contribution < -0.4 is 4.90 Å². The van der Waals surface area contributed by atoms with Crippen LogP contribution in [-0.2, 0) is 11.9 Å². The first kappa shape index (κ1) is 14.4. The molecule has 0 aliphatic heterocycles. The maximum atomic E-state index is 5.96. The van der Waals surface area contributed by atoms with E-state index in [0.717, 1.165) is 20.7 Å². The fraction of sp³-hybridized carbons (Fsp3) is 0.231. The van der Waals surface area contributed by atoms with Gasteiger partial charge in [0.05, 0.1) is 10.9 Å². The summed E-state index contributed by atoms with van der Waals surface area (Å²) in [5.74, 6) is 0. The molecule has 0 radical (unpaired) electrons. The van der Waals surface area contributed by atoms with Gasteiger partial charge in [0, 0.05) is 27.4 Å². The van der Waals surface area contributed by atoms with E-state index in [-0.39, 0.29) is 0 Å². The third kappa shape index (κ3) is 3.50. The van der Waals surface area contributed by atoms with Crippen LogP contribution in [0.2, 0.25) is 4.34 Å². The zero-order valence-electron chi connectivity index (χ0n) is 9.79. The van der Waals surface area contributed by atoms with Crippen molar-refractivity contribution >= 4 is 60.5 Å².